The average Bonchev–Trinajstić information content (AvgIpc) is 3.65. The topological polar surface area (TPSA) is 74.7 Å². The molecule has 5 rings (SSSR count). The van der Waals surface area contributed by atoms with Crippen LogP contribution in [0.2, 0.25) is 0 Å². The van der Waals surface area contributed by atoms with Gasteiger partial charge in [0.1, 0.15) is 5.69 Å². The smallest absolute Gasteiger partial charge is 0.244 e. The molecule has 2 N–H and O–H groups in total. The van der Waals surface area contributed by atoms with Crippen LogP contribution in [0.5, 0.6) is 0 Å². The third kappa shape index (κ3) is 6.15. The van der Waals surface area contributed by atoms with E-state index in [1.54, 1.807) is 12.1 Å². The fourth-order valence-electron chi connectivity index (χ4n) is 4.32. The molecule has 0 aliphatic carbocycles. The molecule has 0 atom stereocenters. The first kappa shape index (κ1) is 25.5. The van der Waals surface area contributed by atoms with Gasteiger partial charge in [0.05, 0.1) is 42.3 Å². The van der Waals surface area contributed by atoms with Gasteiger partial charge >= 0.3 is 0 Å². The number of halogens is 2. The van der Waals surface area contributed by atoms with E-state index in [0.29, 0.717) is 22.8 Å². The molecule has 7 nitrogen and oxygen atoms in total. The second-order valence-electron chi connectivity index (χ2n) is 8.61. The quantitative estimate of drug-likeness (QED) is 0.307. The Bertz CT molecular complexity index is 1270. The van der Waals surface area contributed by atoms with Crippen molar-refractivity contribution in [3.05, 3.63) is 66.9 Å². The summed E-state index contributed by atoms with van der Waals surface area (Å²) < 4.78 is 27.1. The molecule has 0 radical (unpaired) electrons. The van der Waals surface area contributed by atoms with E-state index in [1.807, 2.05) is 36.9 Å². The Labute approximate surface area is 210 Å². The molecule has 4 heterocycles. The maximum Gasteiger partial charge on any atom is 0.244 e. The Morgan fingerprint density at radius 3 is 2.61 bits per heavy atom. The average molecular weight is 494 g/mol. The lowest BCUT2D eigenvalue weighted by molar-refractivity contribution is 0.148. The summed E-state index contributed by atoms with van der Waals surface area (Å²) in [5.74, 6) is 0. The van der Waals surface area contributed by atoms with Crippen molar-refractivity contribution in [2.45, 2.75) is 46.1 Å². The number of fused-ring (bicyclic) bond motifs is 1. The number of aromatic nitrogens is 5. The molecule has 0 unspecified atom stereocenters. The highest BCUT2D eigenvalue weighted by Gasteiger charge is 2.14. The van der Waals surface area contributed by atoms with Crippen LogP contribution in [0.15, 0.2) is 55.5 Å². The van der Waals surface area contributed by atoms with Crippen LogP contribution in [0.1, 0.15) is 38.1 Å². The highest BCUT2D eigenvalue weighted by Crippen LogP contribution is 2.28. The van der Waals surface area contributed by atoms with Gasteiger partial charge in [-0.05, 0) is 55.8 Å². The second-order valence-corrected chi connectivity index (χ2v) is 8.61. The van der Waals surface area contributed by atoms with Crippen LogP contribution in [0.25, 0.3) is 27.7 Å². The number of nitrogens with one attached hydrogen (secondary N) is 2. The van der Waals surface area contributed by atoms with Crippen molar-refractivity contribution in [1.29, 1.82) is 0 Å². The van der Waals surface area contributed by atoms with Crippen LogP contribution in [0, 0.1) is 0 Å². The lowest BCUT2D eigenvalue weighted by atomic mass is 10.1. The molecule has 0 spiro atoms. The zero-order valence-corrected chi connectivity index (χ0v) is 20.8. The number of anilines is 1. The summed E-state index contributed by atoms with van der Waals surface area (Å²) in [6.07, 6.45) is 5.31. The number of alkyl halides is 2. The SMILES string of the molecule is C=C(Nc1ccc(CC(F)F)nc1)c1n[nH]c2ccc(-c3cnn(CCN4CCCC4)c3)cc12.CC. The fraction of sp³-hybridized carbons (Fsp3) is 0.370. The van der Waals surface area contributed by atoms with Crippen LogP contribution >= 0.6 is 0 Å². The van der Waals surface area contributed by atoms with Gasteiger partial charge in [0, 0.05) is 29.4 Å². The molecule has 36 heavy (non-hydrogen) atoms. The first-order chi connectivity index (χ1) is 17.5. The molecule has 9 heteroatoms. The summed E-state index contributed by atoms with van der Waals surface area (Å²) in [4.78, 5) is 6.57. The zero-order chi connectivity index (χ0) is 25.5. The van der Waals surface area contributed by atoms with E-state index >= 15 is 0 Å². The van der Waals surface area contributed by atoms with Gasteiger partial charge in [-0.2, -0.15) is 10.2 Å². The van der Waals surface area contributed by atoms with Crippen LogP contribution < -0.4 is 5.32 Å². The van der Waals surface area contributed by atoms with Crippen LogP contribution in [-0.4, -0.2) is 55.9 Å². The number of hydrogen-bond donors (Lipinski definition) is 2. The molecule has 4 aromatic rings. The number of benzene rings is 1. The summed E-state index contributed by atoms with van der Waals surface area (Å²) in [7, 11) is 0. The van der Waals surface area contributed by atoms with Crippen molar-refractivity contribution in [3.8, 4) is 11.1 Å². The molecule has 1 fully saturated rings. The molecule has 0 amide bonds. The Hall–Kier alpha value is -3.59. The number of pyridine rings is 1. The molecular formula is C27H33F2N7. The first-order valence-electron chi connectivity index (χ1n) is 12.5. The van der Waals surface area contributed by atoms with E-state index in [0.717, 1.165) is 35.1 Å². The van der Waals surface area contributed by atoms with E-state index in [9.17, 15) is 8.78 Å². The molecule has 1 aliphatic rings. The monoisotopic (exact) mass is 493 g/mol. The maximum absolute atomic E-state index is 12.5. The van der Waals surface area contributed by atoms with Gasteiger partial charge in [-0.1, -0.05) is 26.5 Å². The number of rotatable bonds is 9. The first-order valence-corrected chi connectivity index (χ1v) is 12.5. The third-order valence-electron chi connectivity index (χ3n) is 6.14. The minimum Gasteiger partial charge on any atom is -0.353 e. The van der Waals surface area contributed by atoms with E-state index in [2.05, 4.69) is 49.3 Å². The lowest BCUT2D eigenvalue weighted by Gasteiger charge is -2.13. The van der Waals surface area contributed by atoms with Crippen molar-refractivity contribution >= 4 is 22.3 Å². The van der Waals surface area contributed by atoms with Crippen molar-refractivity contribution in [1.82, 2.24) is 29.9 Å². The summed E-state index contributed by atoms with van der Waals surface area (Å²) in [5, 5.41) is 16.1. The number of hydrogen-bond acceptors (Lipinski definition) is 5. The van der Waals surface area contributed by atoms with Gasteiger partial charge in [0.2, 0.25) is 6.43 Å². The van der Waals surface area contributed by atoms with E-state index in [4.69, 9.17) is 0 Å². The Balaban J connectivity index is 0.00000148. The number of likely N-dealkylation sites (tertiary alicyclic amines) is 1. The zero-order valence-electron chi connectivity index (χ0n) is 20.8. The molecular weight excluding hydrogens is 460 g/mol. The van der Waals surface area contributed by atoms with Gasteiger partial charge in [-0.15, -0.1) is 0 Å². The molecule has 1 aromatic carbocycles. The molecule has 0 bridgehead atoms. The lowest BCUT2D eigenvalue weighted by Crippen LogP contribution is -2.24. The molecule has 1 aliphatic heterocycles. The van der Waals surface area contributed by atoms with Gasteiger partial charge in [0.25, 0.3) is 0 Å². The predicted molar refractivity (Wildman–Crippen MR) is 141 cm³/mol. The third-order valence-corrected chi connectivity index (χ3v) is 6.14. The van der Waals surface area contributed by atoms with Crippen molar-refractivity contribution < 1.29 is 8.78 Å². The second kappa shape index (κ2) is 11.9. The highest BCUT2D eigenvalue weighted by atomic mass is 19.3. The number of aromatic amines is 1. The summed E-state index contributed by atoms with van der Waals surface area (Å²) >= 11 is 0. The molecule has 1 saturated heterocycles. The fourth-order valence-corrected chi connectivity index (χ4v) is 4.32. The Morgan fingerprint density at radius 2 is 1.89 bits per heavy atom. The Morgan fingerprint density at radius 1 is 1.08 bits per heavy atom. The van der Waals surface area contributed by atoms with Gasteiger partial charge < -0.3 is 10.2 Å². The number of H-pyrrole nitrogens is 1. The molecule has 190 valence electrons. The van der Waals surface area contributed by atoms with E-state index in [-0.39, 0.29) is 6.42 Å². The summed E-state index contributed by atoms with van der Waals surface area (Å²) in [6, 6.07) is 9.42. The Kier molecular flexibility index (Phi) is 8.43. The summed E-state index contributed by atoms with van der Waals surface area (Å²) in [6.45, 7) is 12.4. The van der Waals surface area contributed by atoms with Crippen molar-refractivity contribution in [2.75, 3.05) is 25.0 Å². The normalized spacial score (nSPS) is 13.7. The van der Waals surface area contributed by atoms with Crippen LogP contribution in [-0.2, 0) is 13.0 Å². The minimum atomic E-state index is -2.41. The molecule has 3 aromatic heterocycles. The van der Waals surface area contributed by atoms with Crippen LogP contribution in [0.3, 0.4) is 0 Å². The largest absolute Gasteiger partial charge is 0.353 e. The number of nitrogens with zero attached hydrogens (tertiary/aromatic N) is 5. The van der Waals surface area contributed by atoms with E-state index < -0.39 is 6.43 Å². The maximum atomic E-state index is 12.5. The minimum absolute atomic E-state index is 0.349. The standard InChI is InChI=1S/C25H27F2N7.C2H6/c1-17(30-21-6-5-20(28-15-21)13-24(26)27)25-22-12-18(4-7-23(22)31-32-25)19-14-29-34(16-19)11-10-33-8-2-3-9-33;1-2/h4-7,12,14-16,24,30H,1-3,8-11,13H2,(H,31,32);1-2H3. The van der Waals surface area contributed by atoms with Crippen LogP contribution in [0.4, 0.5) is 14.5 Å². The van der Waals surface area contributed by atoms with Gasteiger partial charge in [0.15, 0.2) is 0 Å². The highest BCUT2D eigenvalue weighted by molar-refractivity contribution is 5.94. The van der Waals surface area contributed by atoms with E-state index in [1.165, 1.54) is 32.1 Å². The molecule has 0 saturated carbocycles. The predicted octanol–water partition coefficient (Wildman–Crippen LogP) is 5.83. The summed E-state index contributed by atoms with van der Waals surface area (Å²) in [5.41, 5.74) is 5.29. The van der Waals surface area contributed by atoms with Gasteiger partial charge in [-0.25, -0.2) is 8.78 Å². The van der Waals surface area contributed by atoms with Crippen molar-refractivity contribution in [3.63, 3.8) is 0 Å². The van der Waals surface area contributed by atoms with Crippen molar-refractivity contribution in [2.24, 2.45) is 0 Å². The van der Waals surface area contributed by atoms with Gasteiger partial charge in [-0.3, -0.25) is 14.8 Å².